The minimum atomic E-state index is -4.56. The zero-order valence-electron chi connectivity index (χ0n) is 11.4. The van der Waals surface area contributed by atoms with Crippen LogP contribution in [0.15, 0.2) is 28.9 Å². The number of alkyl halides is 3. The predicted molar refractivity (Wildman–Crippen MR) is 78.1 cm³/mol. The third kappa shape index (κ3) is 2.98. The van der Waals surface area contributed by atoms with E-state index < -0.39 is 12.2 Å². The molecule has 7 heteroatoms. The molecule has 1 unspecified atom stereocenters. The molecule has 1 atom stereocenters. The van der Waals surface area contributed by atoms with Gasteiger partial charge in [0.25, 0.3) is 0 Å². The molecule has 2 aromatic rings. The molecule has 0 saturated heterocycles. The van der Waals surface area contributed by atoms with Gasteiger partial charge in [0.2, 0.25) is 5.91 Å². The highest BCUT2D eigenvalue weighted by atomic mass is 79.9. The van der Waals surface area contributed by atoms with E-state index in [0.29, 0.717) is 15.4 Å². The van der Waals surface area contributed by atoms with Crippen LogP contribution >= 0.6 is 15.9 Å². The molecule has 2 rings (SSSR count). The van der Waals surface area contributed by atoms with Gasteiger partial charge in [0.05, 0.1) is 5.52 Å². The highest BCUT2D eigenvalue weighted by molar-refractivity contribution is 9.10. The number of nitrogens with zero attached hydrogens (tertiary/aromatic N) is 1. The van der Waals surface area contributed by atoms with Crippen molar-refractivity contribution < 1.29 is 18.0 Å². The summed E-state index contributed by atoms with van der Waals surface area (Å²) in [6.07, 6.45) is -3.37. The van der Waals surface area contributed by atoms with E-state index in [1.165, 1.54) is 16.8 Å². The van der Waals surface area contributed by atoms with Gasteiger partial charge in [-0.1, -0.05) is 35.8 Å². The van der Waals surface area contributed by atoms with Crippen LogP contribution in [0.5, 0.6) is 0 Å². The summed E-state index contributed by atoms with van der Waals surface area (Å²) < 4.78 is 40.6. The maximum absolute atomic E-state index is 12.9. The molecule has 0 fully saturated rings. The van der Waals surface area contributed by atoms with E-state index in [2.05, 4.69) is 15.9 Å². The van der Waals surface area contributed by atoms with Crippen LogP contribution in [0.25, 0.3) is 10.9 Å². The van der Waals surface area contributed by atoms with Crippen LogP contribution in [0.2, 0.25) is 0 Å². The number of carbonyl (C=O) groups is 1. The van der Waals surface area contributed by atoms with Gasteiger partial charge in [0, 0.05) is 27.5 Å². The van der Waals surface area contributed by atoms with Gasteiger partial charge in [0.15, 0.2) is 0 Å². The first-order valence-corrected chi connectivity index (χ1v) is 7.09. The van der Waals surface area contributed by atoms with E-state index in [1.54, 1.807) is 26.0 Å². The van der Waals surface area contributed by atoms with Gasteiger partial charge in [-0.25, -0.2) is 0 Å². The summed E-state index contributed by atoms with van der Waals surface area (Å²) in [5, 5.41) is 0.331. The van der Waals surface area contributed by atoms with Crippen LogP contribution in [-0.2, 0) is 0 Å². The van der Waals surface area contributed by atoms with Crippen molar-refractivity contribution in [2.75, 3.05) is 0 Å². The second kappa shape index (κ2) is 5.46. The van der Waals surface area contributed by atoms with Crippen LogP contribution in [0.1, 0.15) is 30.2 Å². The molecule has 0 spiro atoms. The average molecular weight is 363 g/mol. The molecule has 0 amide bonds. The highest BCUT2D eigenvalue weighted by Gasteiger charge is 2.39. The Morgan fingerprint density at radius 2 is 1.95 bits per heavy atom. The van der Waals surface area contributed by atoms with Crippen molar-refractivity contribution in [1.29, 1.82) is 0 Å². The zero-order chi connectivity index (χ0) is 15.9. The van der Waals surface area contributed by atoms with Crippen molar-refractivity contribution in [2.24, 2.45) is 11.7 Å². The number of aromatic nitrogens is 1. The van der Waals surface area contributed by atoms with Crippen molar-refractivity contribution in [1.82, 2.24) is 4.57 Å². The first kappa shape index (κ1) is 16.0. The third-order valence-corrected chi connectivity index (χ3v) is 3.71. The van der Waals surface area contributed by atoms with E-state index in [1.807, 2.05) is 0 Å². The lowest BCUT2D eigenvalue weighted by Crippen LogP contribution is -2.28. The fraction of sp³-hybridized carbons (Fsp3) is 0.357. The number of rotatable bonds is 2. The Balaban J connectivity index is 2.71. The summed E-state index contributed by atoms with van der Waals surface area (Å²) in [5.74, 6) is -0.617. The van der Waals surface area contributed by atoms with Crippen LogP contribution in [-0.4, -0.2) is 16.7 Å². The fourth-order valence-corrected chi connectivity index (χ4v) is 2.46. The number of benzene rings is 1. The molecule has 2 N–H and O–H groups in total. The summed E-state index contributed by atoms with van der Waals surface area (Å²) in [7, 11) is 0. The average Bonchev–Trinajstić information content (AvgIpc) is 2.74. The molecule has 1 aromatic carbocycles. The minimum absolute atomic E-state index is 0.0981. The van der Waals surface area contributed by atoms with Crippen LogP contribution in [0.4, 0.5) is 13.2 Å². The van der Waals surface area contributed by atoms with Gasteiger partial charge in [-0.2, -0.15) is 13.2 Å². The Morgan fingerprint density at radius 3 is 2.48 bits per heavy atom. The number of hydrogen-bond acceptors (Lipinski definition) is 2. The monoisotopic (exact) mass is 362 g/mol. The maximum atomic E-state index is 12.9. The molecule has 3 nitrogen and oxygen atoms in total. The summed E-state index contributed by atoms with van der Waals surface area (Å²) in [6.45, 7) is 3.38. The molecule has 0 radical (unpaired) electrons. The predicted octanol–water partition coefficient (Wildman–Crippen LogP) is 4.26. The van der Waals surface area contributed by atoms with Gasteiger partial charge < -0.3 is 5.73 Å². The molecule has 1 heterocycles. The summed E-state index contributed by atoms with van der Waals surface area (Å²) in [5.41, 5.74) is 5.62. The number of halogens is 4. The molecule has 114 valence electrons. The van der Waals surface area contributed by atoms with Crippen molar-refractivity contribution in [3.8, 4) is 0 Å². The molecule has 0 aliphatic heterocycles. The fourth-order valence-electron chi connectivity index (χ4n) is 2.11. The molecule has 0 aliphatic rings. The SMILES string of the molecule is CC(C)C(=O)n1cc(C(N)C(F)(F)F)c2ccc(Br)cc21. The van der Waals surface area contributed by atoms with Gasteiger partial charge in [-0.3, -0.25) is 9.36 Å². The molecule has 21 heavy (non-hydrogen) atoms. The molecule has 0 aliphatic carbocycles. The van der Waals surface area contributed by atoms with Crippen molar-refractivity contribution >= 4 is 32.7 Å². The van der Waals surface area contributed by atoms with E-state index in [0.717, 1.165) is 0 Å². The van der Waals surface area contributed by atoms with E-state index >= 15 is 0 Å². The van der Waals surface area contributed by atoms with Gasteiger partial charge in [-0.05, 0) is 12.1 Å². The van der Waals surface area contributed by atoms with Crippen LogP contribution in [0.3, 0.4) is 0 Å². The quantitative estimate of drug-likeness (QED) is 0.867. The Morgan fingerprint density at radius 1 is 1.33 bits per heavy atom. The Hall–Kier alpha value is -1.34. The van der Waals surface area contributed by atoms with Crippen LogP contribution in [0, 0.1) is 5.92 Å². The largest absolute Gasteiger partial charge is 0.407 e. The molecule has 0 saturated carbocycles. The standard InChI is InChI=1S/C14H14BrF3N2O/c1-7(2)13(21)20-6-10(12(19)14(16,17)18)9-4-3-8(15)5-11(9)20/h3-7,12H,19H2,1-2H3. The van der Waals surface area contributed by atoms with Crippen molar-refractivity contribution in [3.05, 3.63) is 34.4 Å². The number of hydrogen-bond donors (Lipinski definition) is 1. The lowest BCUT2D eigenvalue weighted by molar-refractivity contribution is -0.148. The lowest BCUT2D eigenvalue weighted by atomic mass is 10.1. The van der Waals surface area contributed by atoms with E-state index in [4.69, 9.17) is 5.73 Å². The summed E-state index contributed by atoms with van der Waals surface area (Å²) in [4.78, 5) is 12.2. The minimum Gasteiger partial charge on any atom is -0.316 e. The van der Waals surface area contributed by atoms with Crippen molar-refractivity contribution in [3.63, 3.8) is 0 Å². The highest BCUT2D eigenvalue weighted by Crippen LogP contribution is 2.36. The lowest BCUT2D eigenvalue weighted by Gasteiger charge is -2.14. The second-order valence-electron chi connectivity index (χ2n) is 5.13. The number of nitrogens with two attached hydrogens (primary N) is 1. The topological polar surface area (TPSA) is 48.0 Å². The second-order valence-corrected chi connectivity index (χ2v) is 6.04. The van der Waals surface area contributed by atoms with Crippen molar-refractivity contribution in [2.45, 2.75) is 26.1 Å². The summed E-state index contributed by atoms with van der Waals surface area (Å²) >= 11 is 3.26. The van der Waals surface area contributed by atoms with Crippen LogP contribution < -0.4 is 5.73 Å². The number of fused-ring (bicyclic) bond motifs is 1. The number of carbonyl (C=O) groups excluding carboxylic acids is 1. The summed E-state index contributed by atoms with van der Waals surface area (Å²) in [6, 6.07) is 2.65. The Bertz CT molecular complexity index is 691. The molecular weight excluding hydrogens is 349 g/mol. The van der Waals surface area contributed by atoms with Gasteiger partial charge in [-0.15, -0.1) is 0 Å². The zero-order valence-corrected chi connectivity index (χ0v) is 13.0. The first-order valence-electron chi connectivity index (χ1n) is 6.30. The molecular formula is C14H14BrF3N2O. The Labute approximate surface area is 128 Å². The normalized spacial score (nSPS) is 13.9. The van der Waals surface area contributed by atoms with E-state index in [9.17, 15) is 18.0 Å². The van der Waals surface area contributed by atoms with Gasteiger partial charge in [0.1, 0.15) is 6.04 Å². The third-order valence-electron chi connectivity index (χ3n) is 3.22. The van der Waals surface area contributed by atoms with E-state index in [-0.39, 0.29) is 17.4 Å². The molecule has 1 aromatic heterocycles. The Kier molecular flexibility index (Phi) is 4.17. The molecule has 0 bridgehead atoms. The maximum Gasteiger partial charge on any atom is 0.407 e. The van der Waals surface area contributed by atoms with Gasteiger partial charge >= 0.3 is 6.18 Å². The smallest absolute Gasteiger partial charge is 0.316 e. The first-order chi connectivity index (χ1) is 9.62.